The highest BCUT2D eigenvalue weighted by atomic mass is 79.9. The molecule has 4 heteroatoms. The highest BCUT2D eigenvalue weighted by Crippen LogP contribution is 2.33. The molecule has 0 atom stereocenters. The summed E-state index contributed by atoms with van der Waals surface area (Å²) < 4.78 is 10.3. The molecule has 0 N–H and O–H groups in total. The first-order valence-corrected chi connectivity index (χ1v) is 5.15. The van der Waals surface area contributed by atoms with Crippen LogP contribution in [0.15, 0.2) is 12.1 Å². The Labute approximate surface area is 91.1 Å². The maximum absolute atomic E-state index is 10.6. The van der Waals surface area contributed by atoms with E-state index in [2.05, 4.69) is 15.9 Å². The summed E-state index contributed by atoms with van der Waals surface area (Å²) in [5, 5.41) is 0.619. The lowest BCUT2D eigenvalue weighted by Gasteiger charge is -2.11. The minimum Gasteiger partial charge on any atom is -0.493 e. The predicted molar refractivity (Wildman–Crippen MR) is 57.6 cm³/mol. The number of hydrogen-bond acceptors (Lipinski definition) is 3. The summed E-state index contributed by atoms with van der Waals surface area (Å²) >= 11 is 3.32. The number of benzene rings is 1. The van der Waals surface area contributed by atoms with E-state index >= 15 is 0 Å². The van der Waals surface area contributed by atoms with Crippen molar-refractivity contribution in [1.29, 1.82) is 0 Å². The number of alkyl halides is 1. The van der Waals surface area contributed by atoms with Gasteiger partial charge in [-0.2, -0.15) is 0 Å². The van der Waals surface area contributed by atoms with Gasteiger partial charge in [-0.1, -0.05) is 15.9 Å². The molecule has 76 valence electrons. The Bertz CT molecular complexity index is 311. The Balaban J connectivity index is 3.31. The van der Waals surface area contributed by atoms with Gasteiger partial charge in [-0.3, -0.25) is 4.79 Å². The van der Waals surface area contributed by atoms with Crippen LogP contribution < -0.4 is 9.47 Å². The lowest BCUT2D eigenvalue weighted by atomic mass is 10.1. The zero-order chi connectivity index (χ0) is 10.6. The summed E-state index contributed by atoms with van der Waals surface area (Å²) in [4.78, 5) is 10.6. The first-order valence-electron chi connectivity index (χ1n) is 4.02. The Kier molecular flexibility index (Phi) is 3.95. The van der Waals surface area contributed by atoms with Gasteiger partial charge >= 0.3 is 0 Å². The first-order chi connectivity index (χ1) is 6.76. The molecule has 0 bridgehead atoms. The van der Waals surface area contributed by atoms with E-state index in [9.17, 15) is 4.79 Å². The van der Waals surface area contributed by atoms with Gasteiger partial charge in [0.1, 0.15) is 6.29 Å². The fourth-order valence-corrected chi connectivity index (χ4v) is 1.65. The quantitative estimate of drug-likeness (QED) is 0.615. The van der Waals surface area contributed by atoms with E-state index in [1.807, 2.05) is 0 Å². The van der Waals surface area contributed by atoms with Crippen LogP contribution >= 0.6 is 15.9 Å². The summed E-state index contributed by atoms with van der Waals surface area (Å²) in [7, 11) is 3.12. The molecule has 14 heavy (non-hydrogen) atoms. The van der Waals surface area contributed by atoms with Crippen molar-refractivity contribution in [3.63, 3.8) is 0 Å². The topological polar surface area (TPSA) is 35.5 Å². The van der Waals surface area contributed by atoms with Gasteiger partial charge in [0.25, 0.3) is 0 Å². The third-order valence-electron chi connectivity index (χ3n) is 1.86. The first kappa shape index (κ1) is 11.0. The van der Waals surface area contributed by atoms with Crippen molar-refractivity contribution < 1.29 is 14.3 Å². The van der Waals surface area contributed by atoms with Gasteiger partial charge in [-0.15, -0.1) is 0 Å². The standard InChI is InChI=1S/C10H11BrO3/c1-13-9-4-7(6-12)3-8(5-11)10(9)14-2/h3-4,6H,5H2,1-2H3. The average molecular weight is 259 g/mol. The summed E-state index contributed by atoms with van der Waals surface area (Å²) in [5.74, 6) is 1.24. The second-order valence-electron chi connectivity index (χ2n) is 2.67. The Morgan fingerprint density at radius 1 is 1.36 bits per heavy atom. The summed E-state index contributed by atoms with van der Waals surface area (Å²) in [5.41, 5.74) is 1.48. The van der Waals surface area contributed by atoms with E-state index < -0.39 is 0 Å². The van der Waals surface area contributed by atoms with E-state index in [-0.39, 0.29) is 0 Å². The van der Waals surface area contributed by atoms with Crippen LogP contribution in [0.4, 0.5) is 0 Å². The zero-order valence-corrected chi connectivity index (χ0v) is 9.63. The number of halogens is 1. The molecular formula is C10H11BrO3. The number of carbonyl (C=O) groups is 1. The van der Waals surface area contributed by atoms with Crippen molar-refractivity contribution >= 4 is 22.2 Å². The van der Waals surface area contributed by atoms with Gasteiger partial charge in [-0.05, 0) is 12.1 Å². The van der Waals surface area contributed by atoms with Crippen LogP contribution in [-0.4, -0.2) is 20.5 Å². The smallest absolute Gasteiger partial charge is 0.164 e. The minimum atomic E-state index is 0.576. The number of rotatable bonds is 4. The van der Waals surface area contributed by atoms with Gasteiger partial charge < -0.3 is 9.47 Å². The Morgan fingerprint density at radius 3 is 2.50 bits per heavy atom. The molecular weight excluding hydrogens is 248 g/mol. The molecule has 0 heterocycles. The average Bonchev–Trinajstić information content (AvgIpc) is 2.26. The third-order valence-corrected chi connectivity index (χ3v) is 2.46. The molecule has 3 nitrogen and oxygen atoms in total. The molecule has 0 amide bonds. The molecule has 0 aromatic heterocycles. The maximum Gasteiger partial charge on any atom is 0.164 e. The summed E-state index contributed by atoms with van der Waals surface area (Å²) in [6.07, 6.45) is 0.786. The Hall–Kier alpha value is -1.03. The number of aldehydes is 1. The molecule has 0 spiro atoms. The van der Waals surface area contributed by atoms with Gasteiger partial charge in [0, 0.05) is 16.5 Å². The van der Waals surface area contributed by atoms with Crippen LogP contribution in [0.2, 0.25) is 0 Å². The lowest BCUT2D eigenvalue weighted by molar-refractivity contribution is 0.112. The van der Waals surface area contributed by atoms with Gasteiger partial charge in [0.15, 0.2) is 11.5 Å². The number of hydrogen-bond donors (Lipinski definition) is 0. The van der Waals surface area contributed by atoms with E-state index in [0.717, 1.165) is 11.8 Å². The highest BCUT2D eigenvalue weighted by Gasteiger charge is 2.10. The number of carbonyl (C=O) groups excluding carboxylic acids is 1. The maximum atomic E-state index is 10.6. The molecule has 0 aliphatic heterocycles. The van der Waals surface area contributed by atoms with E-state index in [4.69, 9.17) is 9.47 Å². The number of methoxy groups -OCH3 is 2. The van der Waals surface area contributed by atoms with Gasteiger partial charge in [-0.25, -0.2) is 0 Å². The van der Waals surface area contributed by atoms with Crippen LogP contribution in [0.1, 0.15) is 15.9 Å². The van der Waals surface area contributed by atoms with Crippen molar-refractivity contribution in [2.75, 3.05) is 14.2 Å². The minimum absolute atomic E-state index is 0.576. The summed E-state index contributed by atoms with van der Waals surface area (Å²) in [6.45, 7) is 0. The van der Waals surface area contributed by atoms with E-state index in [0.29, 0.717) is 22.4 Å². The van der Waals surface area contributed by atoms with Crippen molar-refractivity contribution in [1.82, 2.24) is 0 Å². The van der Waals surface area contributed by atoms with Gasteiger partial charge in [0.2, 0.25) is 0 Å². The molecule has 0 saturated heterocycles. The van der Waals surface area contributed by atoms with Crippen LogP contribution in [0.3, 0.4) is 0 Å². The molecule has 0 saturated carbocycles. The third kappa shape index (κ3) is 2.07. The fraction of sp³-hybridized carbons (Fsp3) is 0.300. The van der Waals surface area contributed by atoms with Crippen molar-refractivity contribution in [3.8, 4) is 11.5 Å². The molecule has 1 aromatic rings. The van der Waals surface area contributed by atoms with Crippen molar-refractivity contribution in [3.05, 3.63) is 23.3 Å². The molecule has 0 aliphatic carbocycles. The van der Waals surface area contributed by atoms with Crippen molar-refractivity contribution in [2.24, 2.45) is 0 Å². The molecule has 1 rings (SSSR count). The van der Waals surface area contributed by atoms with E-state index in [1.165, 1.54) is 0 Å². The zero-order valence-electron chi connectivity index (χ0n) is 8.04. The second-order valence-corrected chi connectivity index (χ2v) is 3.23. The van der Waals surface area contributed by atoms with Gasteiger partial charge in [0.05, 0.1) is 14.2 Å². The van der Waals surface area contributed by atoms with Crippen LogP contribution in [0.25, 0.3) is 0 Å². The van der Waals surface area contributed by atoms with Crippen LogP contribution in [0.5, 0.6) is 11.5 Å². The van der Waals surface area contributed by atoms with E-state index in [1.54, 1.807) is 26.4 Å². The molecule has 0 aliphatic rings. The SMILES string of the molecule is COc1cc(C=O)cc(CBr)c1OC. The molecule has 0 radical (unpaired) electrons. The Morgan fingerprint density at radius 2 is 2.07 bits per heavy atom. The van der Waals surface area contributed by atoms with Crippen molar-refractivity contribution in [2.45, 2.75) is 5.33 Å². The van der Waals surface area contributed by atoms with Crippen LogP contribution in [-0.2, 0) is 5.33 Å². The predicted octanol–water partition coefficient (Wildman–Crippen LogP) is 2.41. The second kappa shape index (κ2) is 5.00. The molecule has 0 unspecified atom stereocenters. The summed E-state index contributed by atoms with van der Waals surface area (Å²) in [6, 6.07) is 3.42. The fourth-order valence-electron chi connectivity index (χ4n) is 1.23. The highest BCUT2D eigenvalue weighted by molar-refractivity contribution is 9.08. The monoisotopic (exact) mass is 258 g/mol. The molecule has 0 fully saturated rings. The van der Waals surface area contributed by atoms with Crippen LogP contribution in [0, 0.1) is 0 Å². The molecule has 1 aromatic carbocycles. The largest absolute Gasteiger partial charge is 0.493 e. The number of ether oxygens (including phenoxy) is 2. The normalized spacial score (nSPS) is 9.64. The lowest BCUT2D eigenvalue weighted by Crippen LogP contribution is -1.96.